The Morgan fingerprint density at radius 1 is 0.857 bits per heavy atom. The van der Waals surface area contributed by atoms with Gasteiger partial charge in [0.15, 0.2) is 0 Å². The van der Waals surface area contributed by atoms with Gasteiger partial charge in [0.2, 0.25) is 0 Å². The highest BCUT2D eigenvalue weighted by atomic mass is 32.1. The molecule has 0 saturated carbocycles. The summed E-state index contributed by atoms with van der Waals surface area (Å²) >= 11 is 3.88. The lowest BCUT2D eigenvalue weighted by molar-refractivity contribution is 0.932. The first-order valence-electron chi connectivity index (χ1n) is 5.33. The van der Waals surface area contributed by atoms with E-state index in [1.54, 1.807) is 20.5 Å². The van der Waals surface area contributed by atoms with E-state index in [4.69, 9.17) is 0 Å². The molecule has 0 bridgehead atoms. The molecule has 0 aromatic carbocycles. The molecule has 0 nitrogen and oxygen atoms in total. The van der Waals surface area contributed by atoms with Crippen molar-refractivity contribution in [2.45, 2.75) is 39.5 Å². The van der Waals surface area contributed by atoms with Crippen LogP contribution in [0.3, 0.4) is 0 Å². The highest BCUT2D eigenvalue weighted by Gasteiger charge is 2.09. The number of hydrogen-bond acceptors (Lipinski definition) is 2. The smallest absolute Gasteiger partial charge is 0.0485 e. The molecule has 14 heavy (non-hydrogen) atoms. The lowest BCUT2D eigenvalue weighted by Gasteiger charge is -1.91. The molecular weight excluding hydrogens is 208 g/mol. The third-order valence-electron chi connectivity index (χ3n) is 2.47. The van der Waals surface area contributed by atoms with Crippen LogP contribution in [0.15, 0.2) is 10.8 Å². The zero-order valence-electron chi connectivity index (χ0n) is 8.80. The van der Waals surface area contributed by atoms with Crippen molar-refractivity contribution in [1.29, 1.82) is 0 Å². The SMILES string of the molecule is CCCc1csc2c(CCC)csc12. The van der Waals surface area contributed by atoms with Gasteiger partial charge >= 0.3 is 0 Å². The van der Waals surface area contributed by atoms with E-state index in [-0.39, 0.29) is 0 Å². The molecule has 2 rings (SSSR count). The number of hydrogen-bond donors (Lipinski definition) is 0. The van der Waals surface area contributed by atoms with Crippen LogP contribution in [0.1, 0.15) is 37.8 Å². The third-order valence-corrected chi connectivity index (χ3v) is 4.80. The summed E-state index contributed by atoms with van der Waals surface area (Å²) in [6.45, 7) is 4.51. The van der Waals surface area contributed by atoms with Crippen LogP contribution >= 0.6 is 22.7 Å². The largest absolute Gasteiger partial charge is 0.142 e. The molecule has 0 unspecified atom stereocenters. The lowest BCUT2D eigenvalue weighted by atomic mass is 10.1. The van der Waals surface area contributed by atoms with Gasteiger partial charge in [-0.3, -0.25) is 0 Å². The first kappa shape index (κ1) is 10.2. The van der Waals surface area contributed by atoms with E-state index in [0.717, 1.165) is 0 Å². The molecule has 0 N–H and O–H groups in total. The quantitative estimate of drug-likeness (QED) is 0.695. The van der Waals surface area contributed by atoms with Crippen molar-refractivity contribution in [2.24, 2.45) is 0 Å². The summed E-state index contributed by atoms with van der Waals surface area (Å²) in [6.07, 6.45) is 5.00. The molecule has 2 aromatic heterocycles. The van der Waals surface area contributed by atoms with Crippen molar-refractivity contribution in [3.05, 3.63) is 21.9 Å². The third kappa shape index (κ3) is 1.73. The van der Waals surface area contributed by atoms with Gasteiger partial charge in [-0.1, -0.05) is 26.7 Å². The van der Waals surface area contributed by atoms with Gasteiger partial charge in [-0.25, -0.2) is 0 Å². The summed E-state index contributed by atoms with van der Waals surface area (Å²) in [4.78, 5) is 0. The fraction of sp³-hybridized carbons (Fsp3) is 0.500. The van der Waals surface area contributed by atoms with Crippen LogP contribution in [0.5, 0.6) is 0 Å². The fourth-order valence-electron chi connectivity index (χ4n) is 1.80. The van der Waals surface area contributed by atoms with Crippen molar-refractivity contribution in [2.75, 3.05) is 0 Å². The van der Waals surface area contributed by atoms with E-state index < -0.39 is 0 Å². The second-order valence-electron chi connectivity index (χ2n) is 3.68. The Balaban J connectivity index is 2.39. The first-order chi connectivity index (χ1) is 6.86. The predicted molar refractivity (Wildman–Crippen MR) is 67.7 cm³/mol. The van der Waals surface area contributed by atoms with E-state index in [2.05, 4.69) is 24.6 Å². The molecule has 0 atom stereocenters. The Labute approximate surface area is 93.6 Å². The standard InChI is InChI=1S/C12H16S2/c1-3-5-9-7-13-12-10(6-4-2)8-14-11(9)12/h7-8H,3-6H2,1-2H3. The van der Waals surface area contributed by atoms with Crippen LogP contribution in [0, 0.1) is 0 Å². The summed E-state index contributed by atoms with van der Waals surface area (Å²) in [5.74, 6) is 0. The second-order valence-corrected chi connectivity index (χ2v) is 5.44. The molecule has 0 radical (unpaired) electrons. The fourth-order valence-corrected chi connectivity index (χ4v) is 4.33. The van der Waals surface area contributed by atoms with E-state index in [1.165, 1.54) is 25.7 Å². The number of aryl methyl sites for hydroxylation is 2. The molecule has 0 saturated heterocycles. The number of fused-ring (bicyclic) bond motifs is 1. The molecule has 2 heteroatoms. The Morgan fingerprint density at radius 3 is 1.64 bits per heavy atom. The maximum absolute atomic E-state index is 2.35. The van der Waals surface area contributed by atoms with Crippen molar-refractivity contribution >= 4 is 32.1 Å². The highest BCUT2D eigenvalue weighted by Crippen LogP contribution is 2.35. The van der Waals surface area contributed by atoms with Gasteiger partial charge in [-0.05, 0) is 34.7 Å². The van der Waals surface area contributed by atoms with Crippen LogP contribution < -0.4 is 0 Å². The minimum Gasteiger partial charge on any atom is -0.142 e. The zero-order valence-corrected chi connectivity index (χ0v) is 10.4. The Morgan fingerprint density at radius 2 is 1.29 bits per heavy atom. The molecular formula is C12H16S2. The molecule has 0 spiro atoms. The minimum atomic E-state index is 1.24. The van der Waals surface area contributed by atoms with Crippen molar-refractivity contribution in [1.82, 2.24) is 0 Å². The monoisotopic (exact) mass is 224 g/mol. The van der Waals surface area contributed by atoms with E-state index in [1.807, 2.05) is 22.7 Å². The molecule has 76 valence electrons. The maximum Gasteiger partial charge on any atom is 0.0485 e. The van der Waals surface area contributed by atoms with Crippen molar-refractivity contribution < 1.29 is 0 Å². The zero-order chi connectivity index (χ0) is 9.97. The van der Waals surface area contributed by atoms with E-state index >= 15 is 0 Å². The van der Waals surface area contributed by atoms with Gasteiger partial charge in [0, 0.05) is 9.40 Å². The average molecular weight is 224 g/mol. The van der Waals surface area contributed by atoms with Gasteiger partial charge in [-0.15, -0.1) is 22.7 Å². The predicted octanol–water partition coefficient (Wildman–Crippen LogP) is 4.87. The maximum atomic E-state index is 2.35. The molecule has 0 aliphatic carbocycles. The Kier molecular flexibility index (Phi) is 3.24. The normalized spacial score (nSPS) is 11.3. The Hall–Kier alpha value is -0.340. The first-order valence-corrected chi connectivity index (χ1v) is 7.09. The molecule has 0 fully saturated rings. The van der Waals surface area contributed by atoms with Crippen molar-refractivity contribution in [3.63, 3.8) is 0 Å². The minimum absolute atomic E-state index is 1.24. The molecule has 0 aliphatic rings. The molecule has 0 aliphatic heterocycles. The summed E-state index contributed by atoms with van der Waals surface area (Å²) in [5, 5.41) is 4.70. The van der Waals surface area contributed by atoms with Gasteiger partial charge in [0.1, 0.15) is 0 Å². The van der Waals surface area contributed by atoms with Crippen LogP contribution in [0.25, 0.3) is 9.40 Å². The number of rotatable bonds is 4. The lowest BCUT2D eigenvalue weighted by Crippen LogP contribution is -1.77. The van der Waals surface area contributed by atoms with E-state index in [9.17, 15) is 0 Å². The summed E-state index contributed by atoms with van der Waals surface area (Å²) in [5.41, 5.74) is 3.14. The summed E-state index contributed by atoms with van der Waals surface area (Å²) in [6, 6.07) is 0. The number of thiophene rings is 2. The average Bonchev–Trinajstić information content (AvgIpc) is 2.72. The topological polar surface area (TPSA) is 0 Å². The van der Waals surface area contributed by atoms with Gasteiger partial charge in [0.25, 0.3) is 0 Å². The molecule has 2 heterocycles. The van der Waals surface area contributed by atoms with E-state index in [0.29, 0.717) is 0 Å². The molecule has 0 amide bonds. The Bertz CT molecular complexity index is 369. The van der Waals surface area contributed by atoms with Crippen molar-refractivity contribution in [3.8, 4) is 0 Å². The van der Waals surface area contributed by atoms with Gasteiger partial charge in [-0.2, -0.15) is 0 Å². The van der Waals surface area contributed by atoms with Crippen LogP contribution in [0.4, 0.5) is 0 Å². The second kappa shape index (κ2) is 4.45. The van der Waals surface area contributed by atoms with Crippen LogP contribution in [0.2, 0.25) is 0 Å². The van der Waals surface area contributed by atoms with Gasteiger partial charge in [0.05, 0.1) is 0 Å². The van der Waals surface area contributed by atoms with Crippen LogP contribution in [-0.2, 0) is 12.8 Å². The molecule has 2 aromatic rings. The highest BCUT2D eigenvalue weighted by molar-refractivity contribution is 7.26. The van der Waals surface area contributed by atoms with Crippen LogP contribution in [-0.4, -0.2) is 0 Å². The summed E-state index contributed by atoms with van der Waals surface area (Å²) < 4.78 is 3.11. The summed E-state index contributed by atoms with van der Waals surface area (Å²) in [7, 11) is 0. The van der Waals surface area contributed by atoms with Gasteiger partial charge < -0.3 is 0 Å².